The fourth-order valence-corrected chi connectivity index (χ4v) is 3.33. The predicted octanol–water partition coefficient (Wildman–Crippen LogP) is 3.20. The highest BCUT2D eigenvalue weighted by Gasteiger charge is 2.36. The molecule has 7 heteroatoms. The average molecular weight is 373 g/mol. The molecule has 1 saturated heterocycles. The average Bonchev–Trinajstić information content (AvgIpc) is 3.24. The molecule has 2 aromatic rings. The lowest BCUT2D eigenvalue weighted by atomic mass is 10.1. The number of hydrogen-bond acceptors (Lipinski definition) is 4. The molecule has 26 heavy (non-hydrogen) atoms. The monoisotopic (exact) mass is 372 g/mol. The van der Waals surface area contributed by atoms with Crippen LogP contribution >= 0.6 is 11.6 Å². The second-order valence-electron chi connectivity index (χ2n) is 6.26. The Morgan fingerprint density at radius 2 is 1.92 bits per heavy atom. The Labute approximate surface area is 155 Å². The minimum Gasteiger partial charge on any atom is -0.454 e. The van der Waals surface area contributed by atoms with Gasteiger partial charge in [-0.05, 0) is 48.4 Å². The van der Waals surface area contributed by atoms with Crippen LogP contribution in [0.25, 0.3) is 0 Å². The zero-order chi connectivity index (χ0) is 18.1. The Kier molecular flexibility index (Phi) is 4.42. The zero-order valence-corrected chi connectivity index (χ0v) is 14.7. The fourth-order valence-electron chi connectivity index (χ4n) is 3.20. The molecule has 0 aliphatic carbocycles. The SMILES string of the molecule is O=C(Nc1ccc(Cl)cc1)C1CCC(=O)N1Cc1ccc2c(c1)OCO2. The van der Waals surface area contributed by atoms with Gasteiger partial charge in [-0.3, -0.25) is 9.59 Å². The van der Waals surface area contributed by atoms with Crippen molar-refractivity contribution < 1.29 is 19.1 Å². The Hall–Kier alpha value is -2.73. The van der Waals surface area contributed by atoms with Crippen molar-refractivity contribution in [2.24, 2.45) is 0 Å². The Morgan fingerprint density at radius 3 is 2.73 bits per heavy atom. The highest BCUT2D eigenvalue weighted by molar-refractivity contribution is 6.30. The summed E-state index contributed by atoms with van der Waals surface area (Å²) in [5.74, 6) is 1.13. The van der Waals surface area contributed by atoms with E-state index in [1.165, 1.54) is 0 Å². The van der Waals surface area contributed by atoms with Gasteiger partial charge in [0.15, 0.2) is 11.5 Å². The Balaban J connectivity index is 1.48. The lowest BCUT2D eigenvalue weighted by molar-refractivity contribution is -0.133. The summed E-state index contributed by atoms with van der Waals surface area (Å²) in [4.78, 5) is 26.6. The molecular weight excluding hydrogens is 356 g/mol. The van der Waals surface area contributed by atoms with E-state index in [4.69, 9.17) is 21.1 Å². The minimum absolute atomic E-state index is 0.0288. The molecule has 0 spiro atoms. The van der Waals surface area contributed by atoms with Crippen molar-refractivity contribution in [3.63, 3.8) is 0 Å². The van der Waals surface area contributed by atoms with Crippen LogP contribution in [0.3, 0.4) is 0 Å². The number of amides is 2. The highest BCUT2D eigenvalue weighted by atomic mass is 35.5. The van der Waals surface area contributed by atoms with Gasteiger partial charge in [0.05, 0.1) is 0 Å². The summed E-state index contributed by atoms with van der Waals surface area (Å²) in [6.45, 7) is 0.557. The molecular formula is C19H17ClN2O4. The number of nitrogens with zero attached hydrogens (tertiary/aromatic N) is 1. The Morgan fingerprint density at radius 1 is 1.15 bits per heavy atom. The maximum atomic E-state index is 12.7. The summed E-state index contributed by atoms with van der Waals surface area (Å²) in [7, 11) is 0. The van der Waals surface area contributed by atoms with Crippen LogP contribution in [-0.4, -0.2) is 29.5 Å². The van der Waals surface area contributed by atoms with E-state index in [1.54, 1.807) is 29.2 Å². The standard InChI is InChI=1S/C19H17ClN2O4/c20-13-2-4-14(5-3-13)21-19(24)15-6-8-18(23)22(15)10-12-1-7-16-17(9-12)26-11-25-16/h1-5,7,9,15H,6,8,10-11H2,(H,21,24). The molecule has 0 bridgehead atoms. The number of fused-ring (bicyclic) bond motifs is 1. The summed E-state index contributed by atoms with van der Waals surface area (Å²) >= 11 is 5.86. The van der Waals surface area contributed by atoms with E-state index < -0.39 is 6.04 Å². The first-order valence-corrected chi connectivity index (χ1v) is 8.72. The summed E-state index contributed by atoms with van der Waals surface area (Å²) in [6.07, 6.45) is 0.867. The van der Waals surface area contributed by atoms with Crippen LogP contribution in [-0.2, 0) is 16.1 Å². The highest BCUT2D eigenvalue weighted by Crippen LogP contribution is 2.33. The van der Waals surface area contributed by atoms with Crippen molar-refractivity contribution in [3.05, 3.63) is 53.1 Å². The van der Waals surface area contributed by atoms with Gasteiger partial charge in [-0.1, -0.05) is 17.7 Å². The maximum absolute atomic E-state index is 12.7. The number of carbonyl (C=O) groups excluding carboxylic acids is 2. The van der Waals surface area contributed by atoms with Gasteiger partial charge in [0.1, 0.15) is 6.04 Å². The number of hydrogen-bond donors (Lipinski definition) is 1. The topological polar surface area (TPSA) is 67.9 Å². The number of nitrogens with one attached hydrogen (secondary N) is 1. The number of likely N-dealkylation sites (tertiary alicyclic amines) is 1. The van der Waals surface area contributed by atoms with Gasteiger partial charge in [0, 0.05) is 23.7 Å². The summed E-state index contributed by atoms with van der Waals surface area (Å²) in [5, 5.41) is 3.45. The molecule has 134 valence electrons. The van der Waals surface area contributed by atoms with Crippen LogP contribution in [0.4, 0.5) is 5.69 Å². The maximum Gasteiger partial charge on any atom is 0.247 e. The van der Waals surface area contributed by atoms with E-state index in [0.717, 1.165) is 5.56 Å². The number of ether oxygens (including phenoxy) is 2. The van der Waals surface area contributed by atoms with E-state index in [0.29, 0.717) is 41.6 Å². The van der Waals surface area contributed by atoms with Gasteiger partial charge in [0.2, 0.25) is 18.6 Å². The molecule has 2 aliphatic heterocycles. The van der Waals surface area contributed by atoms with Crippen LogP contribution in [0.5, 0.6) is 11.5 Å². The minimum atomic E-state index is -0.497. The lowest BCUT2D eigenvalue weighted by Crippen LogP contribution is -2.41. The largest absolute Gasteiger partial charge is 0.454 e. The molecule has 1 N–H and O–H groups in total. The molecule has 0 radical (unpaired) electrons. The number of carbonyl (C=O) groups is 2. The van der Waals surface area contributed by atoms with Crippen LogP contribution in [0, 0.1) is 0 Å². The molecule has 0 aromatic heterocycles. The third kappa shape index (κ3) is 3.32. The molecule has 0 saturated carbocycles. The first-order chi connectivity index (χ1) is 12.6. The third-order valence-electron chi connectivity index (χ3n) is 4.53. The van der Waals surface area contributed by atoms with Crippen molar-refractivity contribution in [3.8, 4) is 11.5 Å². The molecule has 1 atom stereocenters. The van der Waals surface area contributed by atoms with E-state index in [9.17, 15) is 9.59 Å². The van der Waals surface area contributed by atoms with Gasteiger partial charge >= 0.3 is 0 Å². The fraction of sp³-hybridized carbons (Fsp3) is 0.263. The molecule has 4 rings (SSSR count). The zero-order valence-electron chi connectivity index (χ0n) is 13.9. The van der Waals surface area contributed by atoms with Crippen molar-refractivity contribution in [2.45, 2.75) is 25.4 Å². The van der Waals surface area contributed by atoms with E-state index >= 15 is 0 Å². The number of halogens is 1. The Bertz CT molecular complexity index is 853. The number of benzene rings is 2. The van der Waals surface area contributed by atoms with Crippen molar-refractivity contribution in [1.29, 1.82) is 0 Å². The quantitative estimate of drug-likeness (QED) is 0.894. The molecule has 2 aliphatic rings. The number of rotatable bonds is 4. The van der Waals surface area contributed by atoms with Crippen molar-refractivity contribution in [1.82, 2.24) is 4.90 Å². The van der Waals surface area contributed by atoms with Gasteiger partial charge in [0.25, 0.3) is 0 Å². The van der Waals surface area contributed by atoms with E-state index in [-0.39, 0.29) is 18.6 Å². The normalized spacial score (nSPS) is 18.3. The van der Waals surface area contributed by atoms with Gasteiger partial charge in [-0.25, -0.2) is 0 Å². The summed E-state index contributed by atoms with van der Waals surface area (Å²) in [6, 6.07) is 11.9. The lowest BCUT2D eigenvalue weighted by Gasteiger charge is -2.24. The smallest absolute Gasteiger partial charge is 0.247 e. The van der Waals surface area contributed by atoms with Crippen LogP contribution in [0.15, 0.2) is 42.5 Å². The first kappa shape index (κ1) is 16.7. The van der Waals surface area contributed by atoms with Crippen LogP contribution in [0.1, 0.15) is 18.4 Å². The first-order valence-electron chi connectivity index (χ1n) is 8.34. The van der Waals surface area contributed by atoms with E-state index in [2.05, 4.69) is 5.32 Å². The summed E-state index contributed by atoms with van der Waals surface area (Å²) < 4.78 is 10.7. The van der Waals surface area contributed by atoms with Gasteiger partial charge in [-0.2, -0.15) is 0 Å². The predicted molar refractivity (Wildman–Crippen MR) is 96.2 cm³/mol. The van der Waals surface area contributed by atoms with Crippen LogP contribution < -0.4 is 14.8 Å². The molecule has 1 unspecified atom stereocenters. The van der Waals surface area contributed by atoms with Gasteiger partial charge < -0.3 is 19.7 Å². The molecule has 6 nitrogen and oxygen atoms in total. The van der Waals surface area contributed by atoms with Crippen LogP contribution in [0.2, 0.25) is 5.02 Å². The number of anilines is 1. The van der Waals surface area contributed by atoms with Crippen molar-refractivity contribution in [2.75, 3.05) is 12.1 Å². The molecule has 1 fully saturated rings. The van der Waals surface area contributed by atoms with E-state index in [1.807, 2.05) is 18.2 Å². The molecule has 2 aromatic carbocycles. The van der Waals surface area contributed by atoms with Gasteiger partial charge in [-0.15, -0.1) is 0 Å². The van der Waals surface area contributed by atoms with Crippen molar-refractivity contribution >= 4 is 29.1 Å². The molecule has 2 amide bonds. The summed E-state index contributed by atoms with van der Waals surface area (Å²) in [5.41, 5.74) is 1.55. The second-order valence-corrected chi connectivity index (χ2v) is 6.70. The second kappa shape index (κ2) is 6.88. The molecule has 2 heterocycles. The third-order valence-corrected chi connectivity index (χ3v) is 4.78.